The lowest BCUT2D eigenvalue weighted by molar-refractivity contribution is 0.0701. The molecule has 27 heavy (non-hydrogen) atoms. The molecule has 4 rings (SSSR count). The van der Waals surface area contributed by atoms with Crippen LogP contribution in [0, 0.1) is 6.92 Å². The second kappa shape index (κ2) is 7.59. The molecule has 1 saturated heterocycles. The van der Waals surface area contributed by atoms with Crippen LogP contribution in [0.1, 0.15) is 59.7 Å². The van der Waals surface area contributed by atoms with Crippen LogP contribution in [0.5, 0.6) is 0 Å². The first-order valence-corrected chi connectivity index (χ1v) is 9.94. The van der Waals surface area contributed by atoms with Gasteiger partial charge in [0.05, 0.1) is 11.4 Å². The molecule has 1 aliphatic heterocycles. The van der Waals surface area contributed by atoms with Gasteiger partial charge in [-0.1, -0.05) is 21.7 Å². The SMILES string of the molecule is CCCc1cc(C(=O)N2CCC(c3nnsc3-c3cc(C)no3)CC2)no1. The highest BCUT2D eigenvalue weighted by Gasteiger charge is 2.30. The average Bonchev–Trinajstić information content (AvgIpc) is 3.42. The lowest BCUT2D eigenvalue weighted by Gasteiger charge is -2.30. The number of aryl methyl sites for hydroxylation is 2. The fourth-order valence-corrected chi connectivity index (χ4v) is 4.10. The van der Waals surface area contributed by atoms with E-state index in [1.807, 2.05) is 17.9 Å². The van der Waals surface area contributed by atoms with Crippen molar-refractivity contribution in [3.05, 3.63) is 35.0 Å². The Morgan fingerprint density at radius 2 is 2.07 bits per heavy atom. The van der Waals surface area contributed by atoms with E-state index < -0.39 is 0 Å². The smallest absolute Gasteiger partial charge is 0.276 e. The Bertz CT molecular complexity index is 923. The van der Waals surface area contributed by atoms with Crippen LogP contribution in [0.25, 0.3) is 10.6 Å². The minimum Gasteiger partial charge on any atom is -0.361 e. The number of amides is 1. The number of carbonyl (C=O) groups is 1. The van der Waals surface area contributed by atoms with Crippen molar-refractivity contribution in [3.8, 4) is 10.6 Å². The summed E-state index contributed by atoms with van der Waals surface area (Å²) in [6.07, 6.45) is 3.42. The van der Waals surface area contributed by atoms with Crippen LogP contribution in [-0.4, -0.2) is 43.8 Å². The second-order valence-electron chi connectivity index (χ2n) is 6.81. The summed E-state index contributed by atoms with van der Waals surface area (Å²) in [6.45, 7) is 5.27. The quantitative estimate of drug-likeness (QED) is 0.661. The topological polar surface area (TPSA) is 98.2 Å². The van der Waals surface area contributed by atoms with E-state index in [1.54, 1.807) is 6.07 Å². The maximum absolute atomic E-state index is 12.7. The van der Waals surface area contributed by atoms with E-state index >= 15 is 0 Å². The van der Waals surface area contributed by atoms with Gasteiger partial charge in [-0.05, 0) is 37.7 Å². The Hall–Kier alpha value is -2.55. The van der Waals surface area contributed by atoms with Gasteiger partial charge in [-0.25, -0.2) is 0 Å². The fourth-order valence-electron chi connectivity index (χ4n) is 3.40. The zero-order valence-electron chi connectivity index (χ0n) is 15.3. The molecule has 0 radical (unpaired) electrons. The van der Waals surface area contributed by atoms with E-state index in [9.17, 15) is 4.79 Å². The van der Waals surface area contributed by atoms with Gasteiger partial charge in [0.2, 0.25) is 0 Å². The lowest BCUT2D eigenvalue weighted by Crippen LogP contribution is -2.38. The number of nitrogens with zero attached hydrogens (tertiary/aromatic N) is 5. The molecule has 3 aromatic heterocycles. The van der Waals surface area contributed by atoms with Gasteiger partial charge in [0.1, 0.15) is 10.6 Å². The fraction of sp³-hybridized carbons (Fsp3) is 0.500. The Labute approximate surface area is 160 Å². The standard InChI is InChI=1S/C18H21N5O3S/c1-3-4-13-10-14(21-25-13)18(24)23-7-5-12(6-8-23)16-17(27-22-19-16)15-9-11(2)20-26-15/h9-10,12H,3-8H2,1-2H3. The van der Waals surface area contributed by atoms with Crippen LogP contribution in [-0.2, 0) is 6.42 Å². The number of hydrogen-bond donors (Lipinski definition) is 0. The molecule has 0 unspecified atom stereocenters. The van der Waals surface area contributed by atoms with Crippen LogP contribution in [0.4, 0.5) is 0 Å². The molecule has 4 heterocycles. The molecule has 9 heteroatoms. The number of likely N-dealkylation sites (tertiary alicyclic amines) is 1. The van der Waals surface area contributed by atoms with Gasteiger partial charge in [-0.2, -0.15) is 0 Å². The molecule has 8 nitrogen and oxygen atoms in total. The Morgan fingerprint density at radius 1 is 1.26 bits per heavy atom. The van der Waals surface area contributed by atoms with Crippen LogP contribution in [0.15, 0.2) is 21.2 Å². The van der Waals surface area contributed by atoms with Crippen LogP contribution >= 0.6 is 11.5 Å². The van der Waals surface area contributed by atoms with Gasteiger partial charge < -0.3 is 13.9 Å². The summed E-state index contributed by atoms with van der Waals surface area (Å²) < 4.78 is 14.7. The molecule has 0 atom stereocenters. The highest BCUT2D eigenvalue weighted by Crippen LogP contribution is 2.36. The van der Waals surface area contributed by atoms with E-state index in [2.05, 4.69) is 26.8 Å². The summed E-state index contributed by atoms with van der Waals surface area (Å²) in [4.78, 5) is 15.4. The highest BCUT2D eigenvalue weighted by atomic mass is 32.1. The molecule has 3 aromatic rings. The van der Waals surface area contributed by atoms with E-state index in [-0.39, 0.29) is 11.8 Å². The zero-order chi connectivity index (χ0) is 18.8. The summed E-state index contributed by atoms with van der Waals surface area (Å²) in [5.74, 6) is 1.65. The van der Waals surface area contributed by atoms with Crippen LogP contribution < -0.4 is 0 Å². The summed E-state index contributed by atoms with van der Waals surface area (Å²) >= 11 is 1.32. The third kappa shape index (κ3) is 3.64. The predicted octanol–water partition coefficient (Wildman–Crippen LogP) is 3.46. The molecule has 0 spiro atoms. The van der Waals surface area contributed by atoms with Crippen molar-refractivity contribution >= 4 is 17.4 Å². The van der Waals surface area contributed by atoms with Crippen molar-refractivity contribution in [2.24, 2.45) is 0 Å². The van der Waals surface area contributed by atoms with Gasteiger partial charge in [-0.15, -0.1) is 5.10 Å². The normalized spacial score (nSPS) is 15.4. The second-order valence-corrected chi connectivity index (χ2v) is 7.57. The van der Waals surface area contributed by atoms with Gasteiger partial charge >= 0.3 is 0 Å². The van der Waals surface area contributed by atoms with Crippen molar-refractivity contribution in [3.63, 3.8) is 0 Å². The highest BCUT2D eigenvalue weighted by molar-refractivity contribution is 7.09. The molecule has 1 amide bonds. The molecular formula is C18H21N5O3S. The number of rotatable bonds is 5. The summed E-state index contributed by atoms with van der Waals surface area (Å²) in [5, 5.41) is 12.2. The third-order valence-corrected chi connectivity index (χ3v) is 5.56. The predicted molar refractivity (Wildman–Crippen MR) is 98.5 cm³/mol. The average molecular weight is 387 g/mol. The third-order valence-electron chi connectivity index (χ3n) is 4.81. The summed E-state index contributed by atoms with van der Waals surface area (Å²) in [6, 6.07) is 3.66. The number of carbonyl (C=O) groups excluding carboxylic acids is 1. The lowest BCUT2D eigenvalue weighted by atomic mass is 9.92. The molecule has 0 bridgehead atoms. The molecule has 142 valence electrons. The van der Waals surface area contributed by atoms with E-state index in [0.29, 0.717) is 24.5 Å². The maximum Gasteiger partial charge on any atom is 0.276 e. The first-order valence-electron chi connectivity index (χ1n) is 9.16. The Morgan fingerprint density at radius 3 is 2.78 bits per heavy atom. The largest absolute Gasteiger partial charge is 0.361 e. The molecule has 0 aliphatic carbocycles. The van der Waals surface area contributed by atoms with E-state index in [4.69, 9.17) is 9.05 Å². The zero-order valence-corrected chi connectivity index (χ0v) is 16.2. The maximum atomic E-state index is 12.7. The molecule has 0 N–H and O–H groups in total. The van der Waals surface area contributed by atoms with Crippen LogP contribution in [0.3, 0.4) is 0 Å². The Kier molecular flexibility index (Phi) is 5.02. The van der Waals surface area contributed by atoms with Gasteiger partial charge in [0.25, 0.3) is 5.91 Å². The minimum atomic E-state index is -0.0676. The van der Waals surface area contributed by atoms with Crippen molar-refractivity contribution in [2.75, 3.05) is 13.1 Å². The van der Waals surface area contributed by atoms with Crippen molar-refractivity contribution < 1.29 is 13.8 Å². The number of hydrogen-bond acceptors (Lipinski definition) is 8. The van der Waals surface area contributed by atoms with Gasteiger partial charge in [-0.3, -0.25) is 4.79 Å². The summed E-state index contributed by atoms with van der Waals surface area (Å²) in [5.41, 5.74) is 2.17. The van der Waals surface area contributed by atoms with E-state index in [1.165, 1.54) is 11.5 Å². The number of aromatic nitrogens is 4. The van der Waals surface area contributed by atoms with Gasteiger partial charge in [0, 0.05) is 37.6 Å². The molecule has 1 aliphatic rings. The molecule has 1 fully saturated rings. The first kappa shape index (κ1) is 17.8. The monoisotopic (exact) mass is 387 g/mol. The van der Waals surface area contributed by atoms with Crippen molar-refractivity contribution in [1.29, 1.82) is 0 Å². The van der Waals surface area contributed by atoms with Crippen LogP contribution in [0.2, 0.25) is 0 Å². The Balaban J connectivity index is 1.42. The molecular weight excluding hydrogens is 366 g/mol. The minimum absolute atomic E-state index is 0.0676. The first-order chi connectivity index (χ1) is 13.2. The summed E-state index contributed by atoms with van der Waals surface area (Å²) in [7, 11) is 0. The van der Waals surface area contributed by atoms with Crippen molar-refractivity contribution in [2.45, 2.75) is 45.4 Å². The molecule has 0 aromatic carbocycles. The van der Waals surface area contributed by atoms with Crippen molar-refractivity contribution in [1.82, 2.24) is 24.8 Å². The van der Waals surface area contributed by atoms with Gasteiger partial charge in [0.15, 0.2) is 11.5 Å². The van der Waals surface area contributed by atoms with E-state index in [0.717, 1.165) is 47.7 Å². The number of piperidine rings is 1. The molecule has 0 saturated carbocycles.